The minimum Gasteiger partial charge on any atom is -0.312 e. The summed E-state index contributed by atoms with van der Waals surface area (Å²) < 4.78 is 0. The molecule has 4 heteroatoms. The van der Waals surface area contributed by atoms with Gasteiger partial charge in [-0.3, -0.25) is 0 Å². The third-order valence-electron chi connectivity index (χ3n) is 3.87. The number of thiophene rings is 1. The topological polar surface area (TPSA) is 18.5 Å². The van der Waals surface area contributed by atoms with Gasteiger partial charge >= 0.3 is 0 Å². The highest BCUT2D eigenvalue weighted by Gasteiger charge is 2.12. The predicted octanol–water partition coefficient (Wildman–Crippen LogP) is 2.78. The quantitative estimate of drug-likeness (QED) is 0.707. The molecule has 0 atom stereocenters. The van der Waals surface area contributed by atoms with Crippen LogP contribution in [0.3, 0.4) is 0 Å². The predicted molar refractivity (Wildman–Crippen MR) is 88.3 cm³/mol. The van der Waals surface area contributed by atoms with Crippen molar-refractivity contribution in [3.63, 3.8) is 0 Å². The molecule has 114 valence electrons. The molecule has 2 rings (SSSR count). The number of rotatable bonds is 9. The number of nitrogens with one attached hydrogen (secondary N) is 1. The molecular weight excluding hydrogens is 266 g/mol. The Morgan fingerprint density at radius 1 is 1.25 bits per heavy atom. The van der Waals surface area contributed by atoms with Gasteiger partial charge in [-0.15, -0.1) is 11.3 Å². The van der Waals surface area contributed by atoms with Crippen LogP contribution >= 0.6 is 11.3 Å². The molecule has 0 spiro atoms. The smallest absolute Gasteiger partial charge is 0.0325 e. The Morgan fingerprint density at radius 3 is 2.75 bits per heavy atom. The summed E-state index contributed by atoms with van der Waals surface area (Å²) in [5.74, 6) is 0. The molecule has 1 aromatic rings. The Morgan fingerprint density at radius 2 is 2.00 bits per heavy atom. The number of nitrogens with zero attached hydrogens (tertiary/aromatic N) is 2. The van der Waals surface area contributed by atoms with Gasteiger partial charge in [-0.05, 0) is 58.1 Å². The Balaban J connectivity index is 1.66. The van der Waals surface area contributed by atoms with E-state index in [0.717, 1.165) is 19.6 Å². The second kappa shape index (κ2) is 8.78. The molecular formula is C16H29N3S. The van der Waals surface area contributed by atoms with Crippen molar-refractivity contribution >= 4 is 11.3 Å². The van der Waals surface area contributed by atoms with E-state index in [1.165, 1.54) is 55.2 Å². The van der Waals surface area contributed by atoms with Crippen molar-refractivity contribution < 1.29 is 0 Å². The monoisotopic (exact) mass is 295 g/mol. The van der Waals surface area contributed by atoms with Gasteiger partial charge in [-0.25, -0.2) is 0 Å². The lowest BCUT2D eigenvalue weighted by Crippen LogP contribution is -2.30. The van der Waals surface area contributed by atoms with E-state index < -0.39 is 0 Å². The molecule has 1 fully saturated rings. The molecule has 20 heavy (non-hydrogen) atoms. The zero-order valence-corrected chi connectivity index (χ0v) is 13.8. The van der Waals surface area contributed by atoms with Crippen LogP contribution < -0.4 is 5.32 Å². The van der Waals surface area contributed by atoms with Gasteiger partial charge in [0.25, 0.3) is 0 Å². The summed E-state index contributed by atoms with van der Waals surface area (Å²) in [6.45, 7) is 10.5. The van der Waals surface area contributed by atoms with Crippen LogP contribution in [0.4, 0.5) is 0 Å². The first-order valence-electron chi connectivity index (χ1n) is 7.97. The summed E-state index contributed by atoms with van der Waals surface area (Å²) in [5.41, 5.74) is 0. The van der Waals surface area contributed by atoms with Crippen LogP contribution in [0.25, 0.3) is 0 Å². The van der Waals surface area contributed by atoms with Crippen LogP contribution in [0.15, 0.2) is 12.1 Å². The maximum absolute atomic E-state index is 3.47. The molecule has 1 saturated heterocycles. The number of hydrogen-bond donors (Lipinski definition) is 1. The Bertz CT molecular complexity index is 372. The third-order valence-corrected chi connectivity index (χ3v) is 4.94. The first-order chi connectivity index (χ1) is 9.78. The summed E-state index contributed by atoms with van der Waals surface area (Å²) in [6.07, 6.45) is 3.99. The van der Waals surface area contributed by atoms with E-state index >= 15 is 0 Å². The minimum atomic E-state index is 1.02. The maximum atomic E-state index is 3.47. The fraction of sp³-hybridized carbons (Fsp3) is 0.750. The first kappa shape index (κ1) is 16.0. The fourth-order valence-electron chi connectivity index (χ4n) is 2.65. The average molecular weight is 295 g/mol. The van der Waals surface area contributed by atoms with Crippen LogP contribution in [0.5, 0.6) is 0 Å². The minimum absolute atomic E-state index is 1.02. The van der Waals surface area contributed by atoms with Crippen molar-refractivity contribution in [1.82, 2.24) is 15.1 Å². The van der Waals surface area contributed by atoms with E-state index in [1.54, 1.807) is 0 Å². The zero-order valence-electron chi connectivity index (χ0n) is 13.0. The van der Waals surface area contributed by atoms with Crippen molar-refractivity contribution in [2.75, 3.05) is 39.8 Å². The molecule has 0 unspecified atom stereocenters. The second-order valence-corrected chi connectivity index (χ2v) is 7.08. The van der Waals surface area contributed by atoms with Gasteiger partial charge in [0, 0.05) is 35.9 Å². The molecule has 1 aromatic heterocycles. The number of likely N-dealkylation sites (N-methyl/N-ethyl adjacent to an activating group) is 1. The average Bonchev–Trinajstić information content (AvgIpc) is 3.08. The van der Waals surface area contributed by atoms with E-state index in [-0.39, 0.29) is 0 Å². The highest BCUT2D eigenvalue weighted by molar-refractivity contribution is 7.11. The molecule has 0 radical (unpaired) electrons. The summed E-state index contributed by atoms with van der Waals surface area (Å²) in [6, 6.07) is 4.57. The SMILES string of the molecule is CCCNCc1ccc(CN(C)CCN2CCCC2)s1. The molecule has 0 aromatic carbocycles. The van der Waals surface area contributed by atoms with Crippen molar-refractivity contribution in [1.29, 1.82) is 0 Å². The highest BCUT2D eigenvalue weighted by atomic mass is 32.1. The van der Waals surface area contributed by atoms with Crippen molar-refractivity contribution in [3.8, 4) is 0 Å². The molecule has 0 amide bonds. The van der Waals surface area contributed by atoms with Gasteiger partial charge in [0.2, 0.25) is 0 Å². The molecule has 0 aliphatic carbocycles. The zero-order chi connectivity index (χ0) is 14.2. The first-order valence-corrected chi connectivity index (χ1v) is 8.79. The summed E-state index contributed by atoms with van der Waals surface area (Å²) in [4.78, 5) is 7.99. The lowest BCUT2D eigenvalue weighted by molar-refractivity contribution is 0.253. The molecule has 0 bridgehead atoms. The third kappa shape index (κ3) is 5.52. The largest absolute Gasteiger partial charge is 0.312 e. The highest BCUT2D eigenvalue weighted by Crippen LogP contribution is 2.18. The Kier molecular flexibility index (Phi) is 7.00. The van der Waals surface area contributed by atoms with E-state index in [2.05, 4.69) is 41.2 Å². The van der Waals surface area contributed by atoms with Crippen molar-refractivity contribution in [2.45, 2.75) is 39.3 Å². The van der Waals surface area contributed by atoms with Crippen molar-refractivity contribution in [3.05, 3.63) is 21.9 Å². The van der Waals surface area contributed by atoms with E-state index in [9.17, 15) is 0 Å². The van der Waals surface area contributed by atoms with Gasteiger partial charge in [-0.1, -0.05) is 6.92 Å². The molecule has 3 nitrogen and oxygen atoms in total. The molecule has 1 aliphatic heterocycles. The van der Waals surface area contributed by atoms with Crippen LogP contribution in [0.1, 0.15) is 35.9 Å². The second-order valence-electron chi connectivity index (χ2n) is 5.83. The normalized spacial score (nSPS) is 16.4. The van der Waals surface area contributed by atoms with Gasteiger partial charge in [0.1, 0.15) is 0 Å². The van der Waals surface area contributed by atoms with Crippen LogP contribution in [0.2, 0.25) is 0 Å². The van der Waals surface area contributed by atoms with Crippen LogP contribution in [-0.4, -0.2) is 49.6 Å². The summed E-state index contributed by atoms with van der Waals surface area (Å²) in [5, 5.41) is 3.47. The van der Waals surface area contributed by atoms with E-state index in [1.807, 2.05) is 11.3 Å². The Hall–Kier alpha value is -0.420. The van der Waals surface area contributed by atoms with Gasteiger partial charge in [0.15, 0.2) is 0 Å². The van der Waals surface area contributed by atoms with Crippen LogP contribution in [-0.2, 0) is 13.1 Å². The van der Waals surface area contributed by atoms with Gasteiger partial charge in [-0.2, -0.15) is 0 Å². The molecule has 1 N–H and O–H groups in total. The van der Waals surface area contributed by atoms with Gasteiger partial charge < -0.3 is 15.1 Å². The maximum Gasteiger partial charge on any atom is 0.0325 e. The van der Waals surface area contributed by atoms with Gasteiger partial charge in [0.05, 0.1) is 0 Å². The van der Waals surface area contributed by atoms with E-state index in [0.29, 0.717) is 0 Å². The lowest BCUT2D eigenvalue weighted by atomic mass is 10.4. The number of likely N-dealkylation sites (tertiary alicyclic amines) is 1. The van der Waals surface area contributed by atoms with Crippen molar-refractivity contribution in [2.24, 2.45) is 0 Å². The lowest BCUT2D eigenvalue weighted by Gasteiger charge is -2.20. The molecule has 1 aliphatic rings. The summed E-state index contributed by atoms with van der Waals surface area (Å²) in [7, 11) is 2.24. The Labute approximate surface area is 128 Å². The van der Waals surface area contributed by atoms with E-state index in [4.69, 9.17) is 0 Å². The van der Waals surface area contributed by atoms with Crippen LogP contribution in [0, 0.1) is 0 Å². The molecule has 0 saturated carbocycles. The number of hydrogen-bond acceptors (Lipinski definition) is 4. The fourth-order valence-corrected chi connectivity index (χ4v) is 3.72. The standard InChI is InChI=1S/C16H29N3S/c1-3-8-17-13-15-6-7-16(20-15)14-18(2)11-12-19-9-4-5-10-19/h6-7,17H,3-5,8-14H2,1-2H3. The summed E-state index contributed by atoms with van der Waals surface area (Å²) >= 11 is 1.95. The molecule has 2 heterocycles.